The number of rotatable bonds is 5. The Balaban J connectivity index is 2.09. The molecule has 6 nitrogen and oxygen atoms in total. The first-order chi connectivity index (χ1) is 9.58. The summed E-state index contributed by atoms with van der Waals surface area (Å²) >= 11 is 1.88. The van der Waals surface area contributed by atoms with Gasteiger partial charge in [0.15, 0.2) is 0 Å². The van der Waals surface area contributed by atoms with E-state index in [1.54, 1.807) is 0 Å². The average molecular weight is 296 g/mol. The lowest BCUT2D eigenvalue weighted by molar-refractivity contribution is -0.384. The molecule has 0 radical (unpaired) electrons. The van der Waals surface area contributed by atoms with Crippen LogP contribution >= 0.6 is 11.8 Å². The van der Waals surface area contributed by atoms with Crippen molar-refractivity contribution in [2.45, 2.75) is 24.5 Å². The van der Waals surface area contributed by atoms with Crippen LogP contribution in [0, 0.1) is 10.1 Å². The molecule has 0 aromatic heterocycles. The monoisotopic (exact) mass is 296 g/mol. The van der Waals surface area contributed by atoms with E-state index < -0.39 is 10.9 Å². The number of carbonyl (C=O) groups is 1. The molecule has 7 heteroatoms. The molecule has 1 fully saturated rings. The number of hydrogen-bond donors (Lipinski definition) is 2. The number of nitrogens with one attached hydrogen (secondary N) is 1. The summed E-state index contributed by atoms with van der Waals surface area (Å²) in [5.41, 5.74) is 0.117. The minimum absolute atomic E-state index is 0.0747. The highest BCUT2D eigenvalue weighted by molar-refractivity contribution is 7.99. The quantitative estimate of drug-likeness (QED) is 0.641. The Hall–Kier alpha value is -1.76. The van der Waals surface area contributed by atoms with Crippen LogP contribution < -0.4 is 5.32 Å². The number of benzene rings is 1. The van der Waals surface area contributed by atoms with Crippen molar-refractivity contribution in [1.82, 2.24) is 0 Å². The minimum atomic E-state index is -1.16. The number of hydrogen-bond acceptors (Lipinski definition) is 5. The van der Waals surface area contributed by atoms with E-state index in [2.05, 4.69) is 5.32 Å². The molecule has 1 heterocycles. The Morgan fingerprint density at radius 1 is 1.50 bits per heavy atom. The molecule has 20 heavy (non-hydrogen) atoms. The van der Waals surface area contributed by atoms with Crippen molar-refractivity contribution in [1.29, 1.82) is 0 Å². The van der Waals surface area contributed by atoms with Crippen molar-refractivity contribution >= 4 is 29.1 Å². The number of nitro benzene ring substituents is 1. The van der Waals surface area contributed by atoms with E-state index in [4.69, 9.17) is 5.11 Å². The number of anilines is 1. The maximum atomic E-state index is 11.0. The number of thioether (sulfide) groups is 1. The van der Waals surface area contributed by atoms with E-state index in [0.29, 0.717) is 17.5 Å². The number of aromatic carboxylic acids is 1. The summed E-state index contributed by atoms with van der Waals surface area (Å²) < 4.78 is 0. The molecule has 1 aromatic rings. The van der Waals surface area contributed by atoms with E-state index in [1.807, 2.05) is 11.8 Å². The zero-order valence-electron chi connectivity index (χ0n) is 10.9. The predicted molar refractivity (Wildman–Crippen MR) is 78.6 cm³/mol. The lowest BCUT2D eigenvalue weighted by Gasteiger charge is -2.21. The summed E-state index contributed by atoms with van der Waals surface area (Å²) in [7, 11) is 0. The molecule has 0 spiro atoms. The number of carboxylic acids is 1. The lowest BCUT2D eigenvalue weighted by atomic mass is 10.1. The molecule has 1 aliphatic heterocycles. The van der Waals surface area contributed by atoms with Gasteiger partial charge in [-0.1, -0.05) is 6.42 Å². The number of nitro groups is 1. The van der Waals surface area contributed by atoms with Gasteiger partial charge in [0.05, 0.1) is 10.5 Å². The molecule has 0 saturated carbocycles. The Kier molecular flexibility index (Phi) is 4.84. The highest BCUT2D eigenvalue weighted by Gasteiger charge is 2.19. The van der Waals surface area contributed by atoms with Crippen LogP contribution in [0.5, 0.6) is 0 Å². The second-order valence-electron chi connectivity index (χ2n) is 4.66. The van der Waals surface area contributed by atoms with Gasteiger partial charge in [0, 0.05) is 17.9 Å². The first-order valence-corrected chi connectivity index (χ1v) is 7.50. The van der Waals surface area contributed by atoms with Crippen LogP contribution in [0.1, 0.15) is 29.6 Å². The number of nitrogens with zero attached hydrogens (tertiary/aromatic N) is 1. The normalized spacial score (nSPS) is 18.5. The zero-order valence-corrected chi connectivity index (χ0v) is 11.7. The predicted octanol–water partition coefficient (Wildman–Crippen LogP) is 2.99. The highest BCUT2D eigenvalue weighted by atomic mass is 32.2. The van der Waals surface area contributed by atoms with E-state index in [1.165, 1.54) is 25.0 Å². The summed E-state index contributed by atoms with van der Waals surface area (Å²) in [4.78, 5) is 21.3. The minimum Gasteiger partial charge on any atom is -0.478 e. The summed E-state index contributed by atoms with van der Waals surface area (Å²) in [6, 6.07) is 3.94. The Morgan fingerprint density at radius 3 is 2.90 bits per heavy atom. The second kappa shape index (κ2) is 6.60. The number of carboxylic acid groups (broad SMARTS) is 1. The third-order valence-electron chi connectivity index (χ3n) is 3.24. The molecule has 1 unspecified atom stereocenters. The highest BCUT2D eigenvalue weighted by Crippen LogP contribution is 2.29. The summed E-state index contributed by atoms with van der Waals surface area (Å²) in [5, 5.41) is 23.4. The van der Waals surface area contributed by atoms with Gasteiger partial charge >= 0.3 is 5.97 Å². The SMILES string of the molecule is O=C(O)c1ccc(NCC2CCCCS2)c([N+](=O)[O-])c1. The van der Waals surface area contributed by atoms with Crippen molar-refractivity contribution in [3.05, 3.63) is 33.9 Å². The fraction of sp³-hybridized carbons (Fsp3) is 0.462. The zero-order chi connectivity index (χ0) is 14.5. The van der Waals surface area contributed by atoms with Gasteiger partial charge in [-0.3, -0.25) is 10.1 Å². The maximum absolute atomic E-state index is 11.0. The Labute approximate surface area is 120 Å². The third kappa shape index (κ3) is 3.63. The Bertz CT molecular complexity index is 515. The van der Waals surface area contributed by atoms with Gasteiger partial charge in [-0.2, -0.15) is 11.8 Å². The average Bonchev–Trinajstić information content (AvgIpc) is 2.45. The smallest absolute Gasteiger partial charge is 0.335 e. The molecular formula is C13H16N2O4S. The molecule has 0 bridgehead atoms. The molecule has 108 valence electrons. The van der Waals surface area contributed by atoms with Crippen molar-refractivity contribution in [3.63, 3.8) is 0 Å². The van der Waals surface area contributed by atoms with Crippen LogP contribution in [0.3, 0.4) is 0 Å². The van der Waals surface area contributed by atoms with E-state index in [0.717, 1.165) is 18.2 Å². The van der Waals surface area contributed by atoms with E-state index >= 15 is 0 Å². The molecule has 2 rings (SSSR count). The van der Waals surface area contributed by atoms with Crippen LogP contribution in [0.15, 0.2) is 18.2 Å². The van der Waals surface area contributed by atoms with E-state index in [9.17, 15) is 14.9 Å². The molecule has 1 saturated heterocycles. The molecule has 2 N–H and O–H groups in total. The van der Waals surface area contributed by atoms with Gasteiger partial charge in [-0.15, -0.1) is 0 Å². The fourth-order valence-electron chi connectivity index (χ4n) is 2.16. The van der Waals surface area contributed by atoms with Gasteiger partial charge in [0.1, 0.15) is 5.69 Å². The van der Waals surface area contributed by atoms with E-state index in [-0.39, 0.29) is 11.3 Å². The fourth-order valence-corrected chi connectivity index (χ4v) is 3.40. The third-order valence-corrected chi connectivity index (χ3v) is 4.63. The summed E-state index contributed by atoms with van der Waals surface area (Å²) in [6.45, 7) is 0.665. The van der Waals surface area contributed by atoms with Crippen LogP contribution in [0.2, 0.25) is 0 Å². The molecule has 1 aromatic carbocycles. The first kappa shape index (κ1) is 14.6. The summed E-state index contributed by atoms with van der Waals surface area (Å²) in [5.74, 6) is -0.0330. The van der Waals surface area contributed by atoms with Crippen molar-refractivity contribution in [2.24, 2.45) is 0 Å². The van der Waals surface area contributed by atoms with Crippen molar-refractivity contribution in [3.8, 4) is 0 Å². The first-order valence-electron chi connectivity index (χ1n) is 6.45. The molecule has 1 atom stereocenters. The van der Waals surface area contributed by atoms with Crippen molar-refractivity contribution < 1.29 is 14.8 Å². The van der Waals surface area contributed by atoms with Gasteiger partial charge in [-0.25, -0.2) is 4.79 Å². The molecular weight excluding hydrogens is 280 g/mol. The summed E-state index contributed by atoms with van der Waals surface area (Å²) in [6.07, 6.45) is 3.53. The molecule has 0 amide bonds. The van der Waals surface area contributed by atoms with Crippen molar-refractivity contribution in [2.75, 3.05) is 17.6 Å². The van der Waals surface area contributed by atoms with Crippen LogP contribution in [0.25, 0.3) is 0 Å². The van der Waals surface area contributed by atoms with Crippen LogP contribution in [-0.4, -0.2) is 33.5 Å². The second-order valence-corrected chi connectivity index (χ2v) is 6.07. The molecule has 1 aliphatic rings. The van der Waals surface area contributed by atoms with Gasteiger partial charge in [0.2, 0.25) is 0 Å². The van der Waals surface area contributed by atoms with Crippen LogP contribution in [0.4, 0.5) is 11.4 Å². The standard InChI is InChI=1S/C13H16N2O4S/c16-13(17)9-4-5-11(12(7-9)15(18)19)14-8-10-3-1-2-6-20-10/h4-5,7,10,14H,1-3,6,8H2,(H,16,17). The van der Waals surface area contributed by atoms with Gasteiger partial charge in [0.25, 0.3) is 5.69 Å². The molecule has 0 aliphatic carbocycles. The lowest BCUT2D eigenvalue weighted by Crippen LogP contribution is -2.20. The topological polar surface area (TPSA) is 92.5 Å². The Morgan fingerprint density at radius 2 is 2.30 bits per heavy atom. The largest absolute Gasteiger partial charge is 0.478 e. The van der Waals surface area contributed by atoms with Gasteiger partial charge < -0.3 is 10.4 Å². The maximum Gasteiger partial charge on any atom is 0.335 e. The van der Waals surface area contributed by atoms with Crippen LogP contribution in [-0.2, 0) is 0 Å². The van der Waals surface area contributed by atoms with Gasteiger partial charge in [-0.05, 0) is 30.7 Å².